The molecule has 1 rings (SSSR count). The van der Waals surface area contributed by atoms with E-state index in [-0.39, 0.29) is 0 Å². The minimum atomic E-state index is 0.858. The smallest absolute Gasteiger partial charge is 0.120 e. The minimum Gasteiger partial charge on any atom is -0.494 e. The van der Waals surface area contributed by atoms with Gasteiger partial charge in [-0.15, -0.1) is 0 Å². The lowest BCUT2D eigenvalue weighted by Gasteiger charge is -2.06. The van der Waals surface area contributed by atoms with E-state index in [0.717, 1.165) is 12.4 Å². The van der Waals surface area contributed by atoms with E-state index < -0.39 is 0 Å². The number of hydrogen-bond donors (Lipinski definition) is 0. The van der Waals surface area contributed by atoms with Gasteiger partial charge in [0.15, 0.2) is 0 Å². The van der Waals surface area contributed by atoms with E-state index >= 15 is 0 Å². The molecule has 0 saturated carbocycles. The minimum absolute atomic E-state index is 0.858. The Bertz CT molecular complexity index is 338. The molecular weight excluding hydrogens is 359 g/mol. The molecule has 20 heavy (non-hydrogen) atoms. The summed E-state index contributed by atoms with van der Waals surface area (Å²) < 4.78 is 6.99. The Balaban J connectivity index is 1.85. The molecule has 0 saturated heterocycles. The van der Waals surface area contributed by atoms with E-state index in [1.54, 1.807) is 0 Å². The van der Waals surface area contributed by atoms with Gasteiger partial charge in [-0.2, -0.15) is 0 Å². The van der Waals surface area contributed by atoms with E-state index in [2.05, 4.69) is 47.7 Å². The lowest BCUT2D eigenvalue weighted by atomic mass is 10.1. The van der Waals surface area contributed by atoms with Crippen molar-refractivity contribution >= 4 is 22.6 Å². The number of halogens is 1. The van der Waals surface area contributed by atoms with E-state index in [1.807, 2.05) is 6.07 Å². The second kappa shape index (κ2) is 12.5. The highest BCUT2D eigenvalue weighted by atomic mass is 127. The molecule has 0 fully saturated rings. The fraction of sp³-hybridized carbons (Fsp3) is 0.667. The first-order valence-corrected chi connectivity index (χ1v) is 9.29. The maximum atomic E-state index is 5.75. The number of rotatable bonds is 12. The van der Waals surface area contributed by atoms with E-state index in [4.69, 9.17) is 4.74 Å². The van der Waals surface area contributed by atoms with Crippen molar-refractivity contribution in [3.8, 4) is 5.75 Å². The highest BCUT2D eigenvalue weighted by Crippen LogP contribution is 2.15. The van der Waals surface area contributed by atoms with Crippen molar-refractivity contribution in [3.05, 3.63) is 27.8 Å². The number of benzene rings is 1. The van der Waals surface area contributed by atoms with Crippen molar-refractivity contribution in [2.75, 3.05) is 6.61 Å². The topological polar surface area (TPSA) is 9.23 Å². The number of hydrogen-bond acceptors (Lipinski definition) is 1. The summed E-state index contributed by atoms with van der Waals surface area (Å²) in [4.78, 5) is 0. The molecule has 0 aliphatic carbocycles. The lowest BCUT2D eigenvalue weighted by Crippen LogP contribution is -1.97. The molecule has 0 aliphatic heterocycles. The predicted octanol–water partition coefficient (Wildman–Crippen LogP) is 6.59. The normalized spacial score (nSPS) is 10.7. The SMILES string of the molecule is CCCCCCCCCCCCOc1cccc(I)c1. The third-order valence-corrected chi connectivity index (χ3v) is 4.23. The van der Waals surface area contributed by atoms with Gasteiger partial charge >= 0.3 is 0 Å². The molecule has 0 aromatic heterocycles. The molecular formula is C18H29IO. The number of unbranched alkanes of at least 4 members (excludes halogenated alkanes) is 9. The molecule has 1 nitrogen and oxygen atoms in total. The van der Waals surface area contributed by atoms with Crippen molar-refractivity contribution in [3.63, 3.8) is 0 Å². The van der Waals surface area contributed by atoms with Gasteiger partial charge in [0.1, 0.15) is 5.75 Å². The van der Waals surface area contributed by atoms with Crippen LogP contribution in [-0.4, -0.2) is 6.61 Å². The highest BCUT2D eigenvalue weighted by Gasteiger charge is 1.95. The molecule has 0 heterocycles. The van der Waals surface area contributed by atoms with Gasteiger partial charge in [-0.3, -0.25) is 0 Å². The molecule has 0 N–H and O–H groups in total. The first-order chi connectivity index (χ1) is 9.83. The van der Waals surface area contributed by atoms with Gasteiger partial charge in [0.05, 0.1) is 6.61 Å². The average molecular weight is 388 g/mol. The molecule has 114 valence electrons. The van der Waals surface area contributed by atoms with Crippen LogP contribution in [0.15, 0.2) is 24.3 Å². The summed E-state index contributed by atoms with van der Waals surface area (Å²) in [7, 11) is 0. The van der Waals surface area contributed by atoms with Gasteiger partial charge in [-0.1, -0.05) is 70.8 Å². The zero-order valence-electron chi connectivity index (χ0n) is 12.9. The second-order valence-corrected chi connectivity index (χ2v) is 6.73. The Morgan fingerprint density at radius 3 is 2.05 bits per heavy atom. The van der Waals surface area contributed by atoms with Crippen LogP contribution < -0.4 is 4.74 Å². The molecule has 0 spiro atoms. The quantitative estimate of drug-likeness (QED) is 0.290. The summed E-state index contributed by atoms with van der Waals surface area (Å²) in [6, 6.07) is 8.28. The highest BCUT2D eigenvalue weighted by molar-refractivity contribution is 14.1. The van der Waals surface area contributed by atoms with Crippen molar-refractivity contribution in [1.29, 1.82) is 0 Å². The van der Waals surface area contributed by atoms with E-state index in [0.29, 0.717) is 0 Å². The van der Waals surface area contributed by atoms with Crippen LogP contribution in [0.3, 0.4) is 0 Å². The van der Waals surface area contributed by atoms with E-state index in [1.165, 1.54) is 67.8 Å². The molecule has 1 aromatic carbocycles. The van der Waals surface area contributed by atoms with Crippen molar-refractivity contribution in [2.45, 2.75) is 71.1 Å². The van der Waals surface area contributed by atoms with Gasteiger partial charge in [0.2, 0.25) is 0 Å². The largest absolute Gasteiger partial charge is 0.494 e. The van der Waals surface area contributed by atoms with Crippen molar-refractivity contribution < 1.29 is 4.74 Å². The molecule has 0 atom stereocenters. The molecule has 0 radical (unpaired) electrons. The van der Waals surface area contributed by atoms with Crippen LogP contribution in [0, 0.1) is 3.57 Å². The van der Waals surface area contributed by atoms with Gasteiger partial charge in [0, 0.05) is 3.57 Å². The second-order valence-electron chi connectivity index (χ2n) is 5.49. The Labute approximate surface area is 138 Å². The molecule has 1 aromatic rings. The van der Waals surface area contributed by atoms with Crippen LogP contribution >= 0.6 is 22.6 Å². The van der Waals surface area contributed by atoms with Gasteiger partial charge in [0.25, 0.3) is 0 Å². The van der Waals surface area contributed by atoms with Crippen molar-refractivity contribution in [2.24, 2.45) is 0 Å². The monoisotopic (exact) mass is 388 g/mol. The summed E-state index contributed by atoms with van der Waals surface area (Å²) in [6.45, 7) is 3.13. The van der Waals surface area contributed by atoms with Crippen LogP contribution in [-0.2, 0) is 0 Å². The van der Waals surface area contributed by atoms with Crippen LogP contribution in [0.1, 0.15) is 71.1 Å². The number of ether oxygens (including phenoxy) is 1. The molecule has 0 bridgehead atoms. The lowest BCUT2D eigenvalue weighted by molar-refractivity contribution is 0.304. The summed E-state index contributed by atoms with van der Waals surface area (Å²) in [6.07, 6.45) is 13.7. The summed E-state index contributed by atoms with van der Waals surface area (Å²) in [5, 5.41) is 0. The fourth-order valence-corrected chi connectivity index (χ4v) is 2.85. The van der Waals surface area contributed by atoms with E-state index in [9.17, 15) is 0 Å². The summed E-state index contributed by atoms with van der Waals surface area (Å²) in [5.74, 6) is 1.01. The van der Waals surface area contributed by atoms with Crippen molar-refractivity contribution in [1.82, 2.24) is 0 Å². The third kappa shape index (κ3) is 9.62. The Morgan fingerprint density at radius 2 is 1.45 bits per heavy atom. The standard InChI is InChI=1S/C18H29IO/c1-2-3-4-5-6-7-8-9-10-11-15-20-18-14-12-13-17(19)16-18/h12-14,16H,2-11,15H2,1H3. The zero-order chi connectivity index (χ0) is 14.5. The Morgan fingerprint density at radius 1 is 0.850 bits per heavy atom. The molecule has 2 heteroatoms. The maximum Gasteiger partial charge on any atom is 0.120 e. The summed E-state index contributed by atoms with van der Waals surface area (Å²) >= 11 is 2.32. The maximum absolute atomic E-state index is 5.75. The van der Waals surface area contributed by atoms with Crippen LogP contribution in [0.5, 0.6) is 5.75 Å². The summed E-state index contributed by atoms with van der Waals surface area (Å²) in [5.41, 5.74) is 0. The third-order valence-electron chi connectivity index (χ3n) is 3.56. The predicted molar refractivity (Wildman–Crippen MR) is 96.5 cm³/mol. The van der Waals surface area contributed by atoms with Crippen LogP contribution in [0.2, 0.25) is 0 Å². The fourth-order valence-electron chi connectivity index (χ4n) is 2.34. The van der Waals surface area contributed by atoms with Crippen LogP contribution in [0.25, 0.3) is 0 Å². The zero-order valence-corrected chi connectivity index (χ0v) is 15.0. The molecule has 0 unspecified atom stereocenters. The Kier molecular flexibility index (Phi) is 11.1. The first kappa shape index (κ1) is 17.8. The van der Waals surface area contributed by atoms with Gasteiger partial charge in [-0.05, 0) is 47.2 Å². The van der Waals surface area contributed by atoms with Gasteiger partial charge < -0.3 is 4.74 Å². The molecule has 0 amide bonds. The first-order valence-electron chi connectivity index (χ1n) is 8.21. The average Bonchev–Trinajstić information content (AvgIpc) is 2.45. The van der Waals surface area contributed by atoms with Crippen LogP contribution in [0.4, 0.5) is 0 Å². The Hall–Kier alpha value is -0.250. The van der Waals surface area contributed by atoms with Gasteiger partial charge in [-0.25, -0.2) is 0 Å². The molecule has 0 aliphatic rings.